The maximum atomic E-state index is 11.6. The predicted octanol–water partition coefficient (Wildman–Crippen LogP) is 0.0338. The van der Waals surface area contributed by atoms with Crippen LogP contribution in [0.3, 0.4) is 0 Å². The summed E-state index contributed by atoms with van der Waals surface area (Å²) in [6.45, 7) is -0.00179. The third kappa shape index (κ3) is 4.33. The Morgan fingerprint density at radius 3 is 2.83 bits per heavy atom. The third-order valence-electron chi connectivity index (χ3n) is 1.94. The molecule has 1 rings (SSSR count). The second-order valence-electron chi connectivity index (χ2n) is 3.59. The average molecular weight is 269 g/mol. The monoisotopic (exact) mass is 269 g/mol. The lowest BCUT2D eigenvalue weighted by molar-refractivity contribution is 0.305. The minimum Gasteiger partial charge on any atom is -0.395 e. The fourth-order valence-corrected chi connectivity index (χ4v) is 1.57. The van der Waals surface area contributed by atoms with Crippen LogP contribution in [0, 0.1) is 11.8 Å². The van der Waals surface area contributed by atoms with Crippen molar-refractivity contribution >= 4 is 16.0 Å². The second-order valence-corrected chi connectivity index (χ2v) is 5.48. The summed E-state index contributed by atoms with van der Waals surface area (Å²) >= 11 is 0. The van der Waals surface area contributed by atoms with E-state index in [1.165, 1.54) is 26.4 Å². The number of aliphatic hydroxyl groups excluding tert-OH is 1. The van der Waals surface area contributed by atoms with Crippen LogP contribution in [0.15, 0.2) is 18.3 Å². The zero-order chi connectivity index (χ0) is 13.6. The summed E-state index contributed by atoms with van der Waals surface area (Å²) < 4.78 is 26.5. The van der Waals surface area contributed by atoms with E-state index in [2.05, 4.69) is 21.5 Å². The highest BCUT2D eigenvalue weighted by molar-refractivity contribution is 7.90. The van der Waals surface area contributed by atoms with E-state index < -0.39 is 10.2 Å². The summed E-state index contributed by atoms with van der Waals surface area (Å²) in [7, 11) is -0.713. The molecule has 0 aromatic carbocycles. The molecule has 18 heavy (non-hydrogen) atoms. The Balaban J connectivity index is 2.88. The van der Waals surface area contributed by atoms with Crippen molar-refractivity contribution < 1.29 is 13.5 Å². The topological polar surface area (TPSA) is 82.5 Å². The Hall–Kier alpha value is -1.62. The molecule has 0 radical (unpaired) electrons. The van der Waals surface area contributed by atoms with Crippen LogP contribution < -0.4 is 4.72 Å². The predicted molar refractivity (Wildman–Crippen MR) is 69.0 cm³/mol. The quantitative estimate of drug-likeness (QED) is 0.756. The van der Waals surface area contributed by atoms with Gasteiger partial charge in [-0.15, -0.1) is 0 Å². The SMILES string of the molecule is CN(C)S(=O)(=O)Nc1cc(C#CCCO)ccn1. The first kappa shape index (κ1) is 14.4. The number of nitrogens with one attached hydrogen (secondary N) is 1. The summed E-state index contributed by atoms with van der Waals surface area (Å²) in [5.41, 5.74) is 0.634. The van der Waals surface area contributed by atoms with Crippen LogP contribution in [0.25, 0.3) is 0 Å². The van der Waals surface area contributed by atoms with Crippen molar-refractivity contribution in [3.8, 4) is 11.8 Å². The summed E-state index contributed by atoms with van der Waals surface area (Å²) in [5, 5.41) is 8.60. The van der Waals surface area contributed by atoms with E-state index >= 15 is 0 Å². The molecule has 0 aliphatic rings. The largest absolute Gasteiger partial charge is 0.395 e. The van der Waals surface area contributed by atoms with E-state index in [4.69, 9.17) is 5.11 Å². The van der Waals surface area contributed by atoms with Crippen LogP contribution in [-0.4, -0.2) is 43.5 Å². The number of hydrogen-bond donors (Lipinski definition) is 2. The molecule has 0 amide bonds. The number of anilines is 1. The second kappa shape index (κ2) is 6.35. The van der Waals surface area contributed by atoms with Crippen molar-refractivity contribution in [1.82, 2.24) is 9.29 Å². The van der Waals surface area contributed by atoms with Crippen molar-refractivity contribution in [1.29, 1.82) is 0 Å². The van der Waals surface area contributed by atoms with Crippen molar-refractivity contribution in [2.75, 3.05) is 25.4 Å². The van der Waals surface area contributed by atoms with Crippen LogP contribution in [0.4, 0.5) is 5.82 Å². The van der Waals surface area contributed by atoms with E-state index in [0.29, 0.717) is 12.0 Å². The summed E-state index contributed by atoms with van der Waals surface area (Å²) in [6, 6.07) is 3.20. The minimum absolute atomic E-state index is 0.00179. The molecule has 1 aromatic heterocycles. The van der Waals surface area contributed by atoms with Gasteiger partial charge in [0.2, 0.25) is 0 Å². The van der Waals surface area contributed by atoms with Crippen molar-refractivity contribution in [3.05, 3.63) is 23.9 Å². The lowest BCUT2D eigenvalue weighted by Gasteiger charge is -2.12. The molecule has 0 fully saturated rings. The van der Waals surface area contributed by atoms with E-state index in [1.54, 1.807) is 6.07 Å². The normalized spacial score (nSPS) is 10.9. The van der Waals surface area contributed by atoms with Crippen molar-refractivity contribution in [2.45, 2.75) is 6.42 Å². The fraction of sp³-hybridized carbons (Fsp3) is 0.364. The average Bonchev–Trinajstić information content (AvgIpc) is 2.29. The standard InChI is InChI=1S/C11H15N3O3S/c1-14(2)18(16,17)13-11-9-10(6-7-12-11)5-3-4-8-15/h6-7,9,15H,4,8H2,1-2H3,(H,12,13). The Bertz CT molecular complexity index is 558. The lowest BCUT2D eigenvalue weighted by Crippen LogP contribution is -2.29. The van der Waals surface area contributed by atoms with Crippen molar-refractivity contribution in [3.63, 3.8) is 0 Å². The third-order valence-corrected chi connectivity index (χ3v) is 3.37. The summed E-state index contributed by atoms with van der Waals surface area (Å²) in [5.74, 6) is 5.76. The molecule has 0 aliphatic carbocycles. The van der Waals surface area contributed by atoms with Gasteiger partial charge in [-0.2, -0.15) is 12.7 Å². The molecule has 0 unspecified atom stereocenters. The molecule has 6 nitrogen and oxygen atoms in total. The number of hydrogen-bond acceptors (Lipinski definition) is 4. The molecule has 0 spiro atoms. The van der Waals surface area contributed by atoms with Gasteiger partial charge in [0.15, 0.2) is 0 Å². The zero-order valence-electron chi connectivity index (χ0n) is 10.2. The highest BCUT2D eigenvalue weighted by atomic mass is 32.2. The number of pyridine rings is 1. The molecule has 98 valence electrons. The number of rotatable bonds is 4. The smallest absolute Gasteiger partial charge is 0.302 e. The van der Waals surface area contributed by atoms with E-state index in [9.17, 15) is 8.42 Å². The van der Waals surface area contributed by atoms with Gasteiger partial charge in [-0.05, 0) is 12.1 Å². The number of aromatic nitrogens is 1. The molecule has 0 atom stereocenters. The molecule has 1 heterocycles. The molecule has 0 aliphatic heterocycles. The van der Waals surface area contributed by atoms with Gasteiger partial charge in [-0.1, -0.05) is 11.8 Å². The first-order valence-electron chi connectivity index (χ1n) is 5.22. The minimum atomic E-state index is -3.56. The van der Waals surface area contributed by atoms with E-state index in [0.717, 1.165) is 4.31 Å². The Morgan fingerprint density at radius 1 is 1.50 bits per heavy atom. The Labute approximate surface area is 107 Å². The van der Waals surface area contributed by atoms with Gasteiger partial charge in [0, 0.05) is 32.3 Å². The molecule has 7 heteroatoms. The van der Waals surface area contributed by atoms with Crippen LogP contribution in [0.5, 0.6) is 0 Å². The summed E-state index contributed by atoms with van der Waals surface area (Å²) in [6.07, 6.45) is 1.84. The van der Waals surface area contributed by atoms with Crippen LogP contribution in [0.2, 0.25) is 0 Å². The molecular formula is C11H15N3O3S. The highest BCUT2D eigenvalue weighted by Crippen LogP contribution is 2.08. The van der Waals surface area contributed by atoms with Gasteiger partial charge in [-0.25, -0.2) is 4.98 Å². The van der Waals surface area contributed by atoms with Gasteiger partial charge >= 0.3 is 10.2 Å². The number of nitrogens with zero attached hydrogens (tertiary/aromatic N) is 2. The number of aliphatic hydroxyl groups is 1. The molecule has 0 saturated heterocycles. The molecule has 0 saturated carbocycles. The lowest BCUT2D eigenvalue weighted by atomic mass is 10.2. The molecule has 2 N–H and O–H groups in total. The Morgan fingerprint density at radius 2 is 2.22 bits per heavy atom. The van der Waals surface area contributed by atoms with Gasteiger partial charge in [0.05, 0.1) is 6.61 Å². The van der Waals surface area contributed by atoms with Gasteiger partial charge in [0.1, 0.15) is 5.82 Å². The van der Waals surface area contributed by atoms with Gasteiger partial charge in [-0.3, -0.25) is 4.72 Å². The van der Waals surface area contributed by atoms with E-state index in [1.807, 2.05) is 0 Å². The van der Waals surface area contributed by atoms with Crippen LogP contribution in [0.1, 0.15) is 12.0 Å². The van der Waals surface area contributed by atoms with Crippen LogP contribution in [-0.2, 0) is 10.2 Å². The van der Waals surface area contributed by atoms with Gasteiger partial charge in [0.25, 0.3) is 0 Å². The first-order chi connectivity index (χ1) is 8.45. The van der Waals surface area contributed by atoms with Crippen LogP contribution >= 0.6 is 0 Å². The van der Waals surface area contributed by atoms with Gasteiger partial charge < -0.3 is 5.11 Å². The van der Waals surface area contributed by atoms with Crippen molar-refractivity contribution in [2.24, 2.45) is 0 Å². The maximum Gasteiger partial charge on any atom is 0.302 e. The maximum absolute atomic E-state index is 11.6. The molecule has 1 aromatic rings. The first-order valence-corrected chi connectivity index (χ1v) is 6.66. The zero-order valence-corrected chi connectivity index (χ0v) is 11.0. The Kier molecular flexibility index (Phi) is 5.09. The van der Waals surface area contributed by atoms with E-state index in [-0.39, 0.29) is 12.4 Å². The molecular weight excluding hydrogens is 254 g/mol. The fourth-order valence-electron chi connectivity index (χ4n) is 1.01. The molecule has 0 bridgehead atoms. The summed E-state index contributed by atoms with van der Waals surface area (Å²) in [4.78, 5) is 3.90. The highest BCUT2D eigenvalue weighted by Gasteiger charge is 2.13.